The molecule has 1 rings (SSSR count). The highest BCUT2D eigenvalue weighted by molar-refractivity contribution is 8.00. The van der Waals surface area contributed by atoms with E-state index in [1.165, 1.54) is 6.42 Å². The maximum Gasteiger partial charge on any atom is 0.303 e. The van der Waals surface area contributed by atoms with E-state index >= 15 is 0 Å². The number of aliphatic hydroxyl groups excluding tert-OH is 1. The smallest absolute Gasteiger partial charge is 0.303 e. The van der Waals surface area contributed by atoms with Gasteiger partial charge in [-0.15, -0.1) is 6.58 Å². The van der Waals surface area contributed by atoms with Crippen LogP contribution in [0, 0.1) is 11.8 Å². The predicted molar refractivity (Wildman–Crippen MR) is 133 cm³/mol. The summed E-state index contributed by atoms with van der Waals surface area (Å²) in [5, 5.41) is 29.0. The van der Waals surface area contributed by atoms with Gasteiger partial charge in [-0.1, -0.05) is 70.1 Å². The van der Waals surface area contributed by atoms with E-state index in [2.05, 4.69) is 19.6 Å². The molecule has 1 aliphatic carbocycles. The molecule has 0 radical (unpaired) electrons. The van der Waals surface area contributed by atoms with Gasteiger partial charge in [0.15, 0.2) is 0 Å². The lowest BCUT2D eigenvalue weighted by Crippen LogP contribution is -2.25. The summed E-state index contributed by atoms with van der Waals surface area (Å²) in [5.41, 5.74) is -0.903. The highest BCUT2D eigenvalue weighted by Crippen LogP contribution is 2.41. The molecular formula is C26H44O5S. The van der Waals surface area contributed by atoms with Crippen LogP contribution in [0.25, 0.3) is 0 Å². The van der Waals surface area contributed by atoms with E-state index in [1.54, 1.807) is 17.8 Å². The van der Waals surface area contributed by atoms with Crippen molar-refractivity contribution in [1.82, 2.24) is 0 Å². The predicted octanol–water partition coefficient (Wildman–Crippen LogP) is 5.54. The first-order chi connectivity index (χ1) is 15.4. The van der Waals surface area contributed by atoms with E-state index in [-0.39, 0.29) is 30.1 Å². The van der Waals surface area contributed by atoms with E-state index in [0.29, 0.717) is 37.2 Å². The Bertz CT molecular complexity index is 591. The van der Waals surface area contributed by atoms with E-state index in [4.69, 9.17) is 5.11 Å². The number of aliphatic carboxylic acids is 1. The van der Waals surface area contributed by atoms with E-state index in [9.17, 15) is 19.8 Å². The average Bonchev–Trinajstić information content (AvgIpc) is 3.06. The van der Waals surface area contributed by atoms with Crippen molar-refractivity contribution in [2.45, 2.75) is 101 Å². The summed E-state index contributed by atoms with van der Waals surface area (Å²) < 4.78 is 0. The van der Waals surface area contributed by atoms with E-state index in [0.717, 1.165) is 44.9 Å². The molecule has 0 amide bonds. The Labute approximate surface area is 198 Å². The van der Waals surface area contributed by atoms with Gasteiger partial charge in [0.25, 0.3) is 0 Å². The molecule has 0 aromatic carbocycles. The minimum atomic E-state index is -0.903. The zero-order valence-electron chi connectivity index (χ0n) is 19.8. The third kappa shape index (κ3) is 11.2. The summed E-state index contributed by atoms with van der Waals surface area (Å²) >= 11 is 1.66. The zero-order chi connectivity index (χ0) is 23.8. The summed E-state index contributed by atoms with van der Waals surface area (Å²) in [6.45, 7) is 6.11. The molecule has 1 unspecified atom stereocenters. The van der Waals surface area contributed by atoms with Crippen molar-refractivity contribution in [3.63, 3.8) is 0 Å². The number of carboxylic acids is 1. The van der Waals surface area contributed by atoms with Crippen LogP contribution in [0.15, 0.2) is 24.8 Å². The van der Waals surface area contributed by atoms with Gasteiger partial charge in [0.1, 0.15) is 5.78 Å². The Morgan fingerprint density at radius 3 is 2.56 bits per heavy atom. The van der Waals surface area contributed by atoms with Gasteiger partial charge >= 0.3 is 5.97 Å². The van der Waals surface area contributed by atoms with Crippen molar-refractivity contribution >= 4 is 23.5 Å². The summed E-state index contributed by atoms with van der Waals surface area (Å²) in [6, 6.07) is 0. The van der Waals surface area contributed by atoms with Gasteiger partial charge < -0.3 is 15.3 Å². The Kier molecular flexibility index (Phi) is 14.9. The van der Waals surface area contributed by atoms with Crippen LogP contribution >= 0.6 is 11.8 Å². The fourth-order valence-electron chi connectivity index (χ4n) is 4.51. The monoisotopic (exact) mass is 468 g/mol. The second-order valence-electron chi connectivity index (χ2n) is 9.08. The highest BCUT2D eigenvalue weighted by Gasteiger charge is 2.40. The van der Waals surface area contributed by atoms with Gasteiger partial charge in [-0.25, -0.2) is 0 Å². The highest BCUT2D eigenvalue weighted by atomic mass is 32.2. The fourth-order valence-corrected chi connectivity index (χ4v) is 5.71. The van der Waals surface area contributed by atoms with Gasteiger partial charge in [-0.2, -0.15) is 11.8 Å². The van der Waals surface area contributed by atoms with Crippen molar-refractivity contribution < 1.29 is 24.9 Å². The molecule has 0 aromatic rings. The molecule has 0 aliphatic heterocycles. The molecule has 1 saturated carbocycles. The van der Waals surface area contributed by atoms with Crippen LogP contribution in [0.5, 0.6) is 0 Å². The van der Waals surface area contributed by atoms with Gasteiger partial charge in [0.05, 0.1) is 12.2 Å². The number of rotatable bonds is 19. The molecule has 0 saturated heterocycles. The summed E-state index contributed by atoms with van der Waals surface area (Å²) in [5.74, 6) is 0.252. The number of carbonyl (C=O) groups is 2. The number of ketones is 1. The van der Waals surface area contributed by atoms with Crippen LogP contribution in [0.4, 0.5) is 0 Å². The lowest BCUT2D eigenvalue weighted by Gasteiger charge is -2.24. The van der Waals surface area contributed by atoms with Gasteiger partial charge in [-0.3, -0.25) is 9.59 Å². The number of carbonyl (C=O) groups excluding carboxylic acids is 1. The Morgan fingerprint density at radius 2 is 1.91 bits per heavy atom. The molecule has 32 heavy (non-hydrogen) atoms. The molecule has 0 spiro atoms. The van der Waals surface area contributed by atoms with Crippen LogP contribution in [-0.4, -0.2) is 50.3 Å². The van der Waals surface area contributed by atoms with Crippen molar-refractivity contribution in [2.24, 2.45) is 11.8 Å². The third-order valence-electron chi connectivity index (χ3n) is 6.46. The van der Waals surface area contributed by atoms with Crippen LogP contribution in [0.1, 0.15) is 90.4 Å². The van der Waals surface area contributed by atoms with Crippen LogP contribution < -0.4 is 0 Å². The number of unbranched alkanes of at least 4 members (excludes halogenated alkanes) is 6. The first-order valence-electron chi connectivity index (χ1n) is 12.4. The average molecular weight is 469 g/mol. The lowest BCUT2D eigenvalue weighted by atomic mass is 9.87. The topological polar surface area (TPSA) is 94.8 Å². The minimum Gasteiger partial charge on any atom is -0.481 e. The fraction of sp³-hybridized carbons (Fsp3) is 0.769. The van der Waals surface area contributed by atoms with Gasteiger partial charge in [0.2, 0.25) is 0 Å². The number of thioether (sulfide) groups is 1. The third-order valence-corrected chi connectivity index (χ3v) is 7.79. The summed E-state index contributed by atoms with van der Waals surface area (Å²) in [7, 11) is 0. The summed E-state index contributed by atoms with van der Waals surface area (Å²) in [4.78, 5) is 23.4. The molecule has 5 nitrogen and oxygen atoms in total. The SMILES string of the molecule is C=CC(O)(CC=C[C@H]1[C@H](SCCO)CC(=O)[C@@H]1CCCCCCC(=O)O)CCCCCC. The molecule has 1 fully saturated rings. The minimum absolute atomic E-state index is 0.0247. The number of Topliss-reactive ketones (excluding diaryl/α,β-unsaturated/α-hetero) is 1. The van der Waals surface area contributed by atoms with Crippen molar-refractivity contribution in [1.29, 1.82) is 0 Å². The van der Waals surface area contributed by atoms with Gasteiger partial charge in [-0.05, 0) is 31.6 Å². The molecule has 0 bridgehead atoms. The zero-order valence-corrected chi connectivity index (χ0v) is 20.7. The van der Waals surface area contributed by atoms with Crippen molar-refractivity contribution in [3.8, 4) is 0 Å². The second kappa shape index (κ2) is 16.5. The lowest BCUT2D eigenvalue weighted by molar-refractivity contribution is -0.137. The Hall–Kier alpha value is -1.11. The molecule has 4 atom stereocenters. The molecule has 0 heterocycles. The molecule has 6 heteroatoms. The maximum absolute atomic E-state index is 12.7. The molecule has 0 aromatic heterocycles. The quantitative estimate of drug-likeness (QED) is 0.170. The first-order valence-corrected chi connectivity index (χ1v) is 13.4. The van der Waals surface area contributed by atoms with Gasteiger partial charge in [0, 0.05) is 29.8 Å². The Morgan fingerprint density at radius 1 is 1.19 bits per heavy atom. The molecule has 184 valence electrons. The maximum atomic E-state index is 12.7. The molecule has 1 aliphatic rings. The normalized spacial score (nSPS) is 23.0. The number of hydrogen-bond donors (Lipinski definition) is 3. The number of hydrogen-bond acceptors (Lipinski definition) is 5. The summed E-state index contributed by atoms with van der Waals surface area (Å²) in [6.07, 6.45) is 16.4. The second-order valence-corrected chi connectivity index (χ2v) is 10.4. The van der Waals surface area contributed by atoms with Crippen LogP contribution in [0.3, 0.4) is 0 Å². The largest absolute Gasteiger partial charge is 0.481 e. The number of allylic oxidation sites excluding steroid dienone is 1. The van der Waals surface area contributed by atoms with E-state index < -0.39 is 11.6 Å². The van der Waals surface area contributed by atoms with E-state index in [1.807, 2.05) is 6.08 Å². The first kappa shape index (κ1) is 28.9. The number of aliphatic hydroxyl groups is 2. The molecular weight excluding hydrogens is 424 g/mol. The Balaban J connectivity index is 2.67. The number of carboxylic acid groups (broad SMARTS) is 1. The van der Waals surface area contributed by atoms with Crippen LogP contribution in [-0.2, 0) is 9.59 Å². The standard InChI is InChI=1S/C26H44O5S/c1-3-5-6-11-16-26(31,4-2)17-12-14-22-21(13-9-7-8-10-15-25(29)30)23(28)20-24(22)32-19-18-27/h4,12,14,21-22,24,27,31H,2-3,5-11,13,15-20H2,1H3,(H,29,30)/t21-,22-,24-,26?/m1/s1. The van der Waals surface area contributed by atoms with Crippen LogP contribution in [0.2, 0.25) is 0 Å². The van der Waals surface area contributed by atoms with Crippen molar-refractivity contribution in [2.75, 3.05) is 12.4 Å². The van der Waals surface area contributed by atoms with Crippen molar-refractivity contribution in [3.05, 3.63) is 24.8 Å². The molecule has 3 N–H and O–H groups in total.